The van der Waals surface area contributed by atoms with Gasteiger partial charge in [0, 0.05) is 23.0 Å². The number of rotatable bonds is 3. The first kappa shape index (κ1) is 13.5. The van der Waals surface area contributed by atoms with E-state index in [0.29, 0.717) is 12.1 Å². The summed E-state index contributed by atoms with van der Waals surface area (Å²) >= 11 is 1.87. The average molecular weight is 289 g/mol. The largest absolute Gasteiger partial charge is 0.505 e. The lowest BCUT2D eigenvalue weighted by Gasteiger charge is -2.26. The molecule has 0 aliphatic carbocycles. The lowest BCUT2D eigenvalue weighted by molar-refractivity contribution is 0.418. The first-order chi connectivity index (χ1) is 9.75. The number of phenolic OH excluding ortho intramolecular Hbond substituents is 1. The quantitative estimate of drug-likeness (QED) is 0.900. The van der Waals surface area contributed by atoms with Gasteiger partial charge in [0.2, 0.25) is 0 Å². The van der Waals surface area contributed by atoms with Crippen LogP contribution in [0.5, 0.6) is 5.75 Å². The Morgan fingerprint density at radius 3 is 2.95 bits per heavy atom. The number of phenols is 1. The summed E-state index contributed by atoms with van der Waals surface area (Å²) in [4.78, 5) is 1.31. The smallest absolute Gasteiger partial charge is 0.165 e. The first-order valence-corrected chi connectivity index (χ1v) is 7.66. The van der Waals surface area contributed by atoms with Crippen molar-refractivity contribution >= 4 is 11.8 Å². The fraction of sp³-hybridized carbons (Fsp3) is 0.250. The van der Waals surface area contributed by atoms with Gasteiger partial charge in [-0.15, -0.1) is 11.8 Å². The number of para-hydroxylation sites is 1. The molecule has 104 valence electrons. The second-order valence-corrected chi connectivity index (χ2v) is 5.99. The van der Waals surface area contributed by atoms with Crippen LogP contribution in [-0.2, 0) is 6.54 Å². The maximum absolute atomic E-state index is 13.3. The van der Waals surface area contributed by atoms with Crippen molar-refractivity contribution in [2.24, 2.45) is 0 Å². The SMILES string of the molecule is Oc1c(F)cccc1CNC1CCSc2ccccc21. The molecular weight excluding hydrogens is 273 g/mol. The van der Waals surface area contributed by atoms with Crippen LogP contribution in [0.25, 0.3) is 0 Å². The van der Waals surface area contributed by atoms with Crippen molar-refractivity contribution in [3.63, 3.8) is 0 Å². The monoisotopic (exact) mass is 289 g/mol. The molecule has 1 aliphatic heterocycles. The molecule has 2 N–H and O–H groups in total. The van der Waals surface area contributed by atoms with Crippen molar-refractivity contribution in [1.82, 2.24) is 5.32 Å². The second-order valence-electron chi connectivity index (χ2n) is 4.86. The molecule has 1 atom stereocenters. The molecule has 0 saturated heterocycles. The second kappa shape index (κ2) is 5.85. The number of hydrogen-bond donors (Lipinski definition) is 2. The van der Waals surface area contributed by atoms with Crippen molar-refractivity contribution in [3.05, 3.63) is 59.4 Å². The Morgan fingerprint density at radius 1 is 1.20 bits per heavy atom. The van der Waals surface area contributed by atoms with E-state index in [4.69, 9.17) is 0 Å². The molecule has 20 heavy (non-hydrogen) atoms. The molecule has 0 saturated carbocycles. The molecule has 4 heteroatoms. The summed E-state index contributed by atoms with van der Waals surface area (Å²) in [6.07, 6.45) is 1.04. The van der Waals surface area contributed by atoms with Crippen molar-refractivity contribution in [2.75, 3.05) is 5.75 Å². The van der Waals surface area contributed by atoms with Crippen LogP contribution in [-0.4, -0.2) is 10.9 Å². The van der Waals surface area contributed by atoms with E-state index in [-0.39, 0.29) is 11.8 Å². The fourth-order valence-electron chi connectivity index (χ4n) is 2.49. The lowest BCUT2D eigenvalue weighted by atomic mass is 10.0. The highest BCUT2D eigenvalue weighted by Gasteiger charge is 2.20. The Morgan fingerprint density at radius 2 is 2.05 bits per heavy atom. The van der Waals surface area contributed by atoms with Crippen LogP contribution in [0.3, 0.4) is 0 Å². The van der Waals surface area contributed by atoms with Gasteiger partial charge < -0.3 is 10.4 Å². The third-order valence-corrected chi connectivity index (χ3v) is 4.69. The highest BCUT2D eigenvalue weighted by molar-refractivity contribution is 7.99. The maximum Gasteiger partial charge on any atom is 0.165 e. The zero-order valence-corrected chi connectivity index (χ0v) is 11.8. The van der Waals surface area contributed by atoms with Gasteiger partial charge in [0.1, 0.15) is 0 Å². The Labute approximate surface area is 122 Å². The topological polar surface area (TPSA) is 32.3 Å². The van der Waals surface area contributed by atoms with E-state index >= 15 is 0 Å². The van der Waals surface area contributed by atoms with Crippen molar-refractivity contribution in [3.8, 4) is 5.75 Å². The number of halogens is 1. The van der Waals surface area contributed by atoms with Gasteiger partial charge in [-0.2, -0.15) is 0 Å². The minimum absolute atomic E-state index is 0.251. The number of hydrogen-bond acceptors (Lipinski definition) is 3. The normalized spacial score (nSPS) is 17.8. The highest BCUT2D eigenvalue weighted by Crippen LogP contribution is 2.36. The molecule has 0 aromatic heterocycles. The van der Waals surface area contributed by atoms with Crippen molar-refractivity contribution in [1.29, 1.82) is 0 Å². The molecule has 0 spiro atoms. The highest BCUT2D eigenvalue weighted by atomic mass is 32.2. The van der Waals surface area contributed by atoms with E-state index in [2.05, 4.69) is 17.4 Å². The predicted octanol–water partition coefficient (Wildman–Crippen LogP) is 3.86. The van der Waals surface area contributed by atoms with E-state index in [0.717, 1.165) is 12.2 Å². The maximum atomic E-state index is 13.3. The Balaban J connectivity index is 1.75. The molecule has 2 nitrogen and oxygen atoms in total. The molecule has 0 bridgehead atoms. The lowest BCUT2D eigenvalue weighted by Crippen LogP contribution is -2.24. The number of benzene rings is 2. The van der Waals surface area contributed by atoms with Gasteiger partial charge in [-0.1, -0.05) is 30.3 Å². The van der Waals surface area contributed by atoms with Gasteiger partial charge in [-0.05, 0) is 29.9 Å². The van der Waals surface area contributed by atoms with Crippen LogP contribution >= 0.6 is 11.8 Å². The summed E-state index contributed by atoms with van der Waals surface area (Å²) in [5.74, 6) is 0.256. The average Bonchev–Trinajstić information content (AvgIpc) is 2.49. The molecule has 1 heterocycles. The molecule has 0 fully saturated rings. The standard InChI is InChI=1S/C16H16FNOS/c17-13-6-3-4-11(16(13)19)10-18-14-8-9-20-15-7-2-1-5-12(14)15/h1-7,14,18-19H,8-10H2. The molecule has 2 aromatic rings. The van der Waals surface area contributed by atoms with E-state index in [1.54, 1.807) is 12.1 Å². The summed E-state index contributed by atoms with van der Waals surface area (Å²) in [5, 5.41) is 13.1. The van der Waals surface area contributed by atoms with E-state index < -0.39 is 5.82 Å². The zero-order valence-electron chi connectivity index (χ0n) is 11.0. The molecule has 1 unspecified atom stereocenters. The molecule has 2 aromatic carbocycles. The van der Waals surface area contributed by atoms with Crippen molar-refractivity contribution in [2.45, 2.75) is 23.9 Å². The first-order valence-electron chi connectivity index (χ1n) is 6.67. The van der Waals surface area contributed by atoms with E-state index in [9.17, 15) is 9.50 Å². The molecule has 3 rings (SSSR count). The van der Waals surface area contributed by atoms with Gasteiger partial charge in [-0.3, -0.25) is 0 Å². The molecule has 0 amide bonds. The number of fused-ring (bicyclic) bond motifs is 1. The Bertz CT molecular complexity index is 617. The van der Waals surface area contributed by atoms with Gasteiger partial charge in [-0.25, -0.2) is 4.39 Å². The van der Waals surface area contributed by atoms with Crippen LogP contribution in [0.15, 0.2) is 47.4 Å². The minimum atomic E-state index is -0.566. The number of nitrogens with one attached hydrogen (secondary N) is 1. The summed E-state index contributed by atoms with van der Waals surface area (Å²) in [7, 11) is 0. The van der Waals surface area contributed by atoms with Crippen LogP contribution < -0.4 is 5.32 Å². The fourth-order valence-corrected chi connectivity index (χ4v) is 3.62. The minimum Gasteiger partial charge on any atom is -0.505 e. The van der Waals surface area contributed by atoms with Gasteiger partial charge in [0.15, 0.2) is 11.6 Å². The van der Waals surface area contributed by atoms with E-state index in [1.165, 1.54) is 16.5 Å². The third kappa shape index (κ3) is 2.67. The zero-order chi connectivity index (χ0) is 13.9. The summed E-state index contributed by atoms with van der Waals surface area (Å²) < 4.78 is 13.3. The van der Waals surface area contributed by atoms with Gasteiger partial charge in [0.25, 0.3) is 0 Å². The summed E-state index contributed by atoms with van der Waals surface area (Å²) in [5.41, 5.74) is 1.89. The molecular formula is C16H16FNOS. The predicted molar refractivity (Wildman–Crippen MR) is 79.4 cm³/mol. The number of aromatic hydroxyl groups is 1. The molecule has 1 aliphatic rings. The van der Waals surface area contributed by atoms with Crippen LogP contribution in [0.1, 0.15) is 23.6 Å². The summed E-state index contributed by atoms with van der Waals surface area (Å²) in [6, 6.07) is 13.2. The third-order valence-electron chi connectivity index (χ3n) is 3.57. The Kier molecular flexibility index (Phi) is 3.94. The summed E-state index contributed by atoms with van der Waals surface area (Å²) in [6.45, 7) is 0.466. The number of thioether (sulfide) groups is 1. The van der Waals surface area contributed by atoms with Gasteiger partial charge in [0.05, 0.1) is 0 Å². The van der Waals surface area contributed by atoms with Crippen molar-refractivity contribution < 1.29 is 9.50 Å². The molecule has 0 radical (unpaired) electrons. The van der Waals surface area contributed by atoms with Crippen LogP contribution in [0.4, 0.5) is 4.39 Å². The Hall–Kier alpha value is -1.52. The van der Waals surface area contributed by atoms with Crippen LogP contribution in [0, 0.1) is 5.82 Å². The van der Waals surface area contributed by atoms with Gasteiger partial charge >= 0.3 is 0 Å². The van der Waals surface area contributed by atoms with Crippen LogP contribution in [0.2, 0.25) is 0 Å². The van der Waals surface area contributed by atoms with E-state index in [1.807, 2.05) is 23.9 Å².